The van der Waals surface area contributed by atoms with Gasteiger partial charge in [0.05, 0.1) is 0 Å². The Morgan fingerprint density at radius 2 is 2.28 bits per heavy atom. The Bertz CT molecular complexity index is 473. The number of aryl methyl sites for hydroxylation is 1. The molecule has 1 aliphatic heterocycles. The first-order chi connectivity index (χ1) is 8.66. The van der Waals surface area contributed by atoms with Crippen molar-refractivity contribution in [1.82, 2.24) is 15.2 Å². The summed E-state index contributed by atoms with van der Waals surface area (Å²) in [5.74, 6) is -0.153. The molecule has 1 amide bonds. The van der Waals surface area contributed by atoms with Gasteiger partial charge < -0.3 is 15.2 Å². The SMILES string of the molecule is Cn1ccc(C(=O)NC2CCCNCC2)cc1=O. The zero-order valence-electron chi connectivity index (χ0n) is 10.6. The Balaban J connectivity index is 2.02. The van der Waals surface area contributed by atoms with E-state index in [0.29, 0.717) is 5.56 Å². The Morgan fingerprint density at radius 1 is 1.44 bits per heavy atom. The number of hydrogen-bond donors (Lipinski definition) is 2. The van der Waals surface area contributed by atoms with Crippen molar-refractivity contribution >= 4 is 5.91 Å². The highest BCUT2D eigenvalue weighted by Gasteiger charge is 2.15. The van der Waals surface area contributed by atoms with E-state index in [1.165, 1.54) is 10.6 Å². The van der Waals surface area contributed by atoms with Crippen LogP contribution in [0.3, 0.4) is 0 Å². The maximum atomic E-state index is 12.0. The second-order valence-corrected chi connectivity index (χ2v) is 4.72. The molecule has 1 aliphatic rings. The quantitative estimate of drug-likeness (QED) is 0.790. The fourth-order valence-electron chi connectivity index (χ4n) is 2.12. The van der Waals surface area contributed by atoms with Crippen LogP contribution in [0.25, 0.3) is 0 Å². The molecule has 1 saturated heterocycles. The Kier molecular flexibility index (Phi) is 4.15. The fourth-order valence-corrected chi connectivity index (χ4v) is 2.12. The first kappa shape index (κ1) is 12.8. The molecule has 0 aliphatic carbocycles. The molecule has 0 radical (unpaired) electrons. The largest absolute Gasteiger partial charge is 0.349 e. The number of rotatable bonds is 2. The summed E-state index contributed by atoms with van der Waals surface area (Å²) >= 11 is 0. The van der Waals surface area contributed by atoms with E-state index in [1.807, 2.05) is 0 Å². The number of aromatic nitrogens is 1. The number of amides is 1. The fraction of sp³-hybridized carbons (Fsp3) is 0.538. The van der Waals surface area contributed by atoms with Crippen molar-refractivity contribution in [1.29, 1.82) is 0 Å². The summed E-state index contributed by atoms with van der Waals surface area (Å²) in [5, 5.41) is 6.30. The topological polar surface area (TPSA) is 63.1 Å². The number of carbonyl (C=O) groups is 1. The number of nitrogens with one attached hydrogen (secondary N) is 2. The van der Waals surface area contributed by atoms with E-state index < -0.39 is 0 Å². The minimum atomic E-state index is -0.162. The van der Waals surface area contributed by atoms with Gasteiger partial charge in [-0.25, -0.2) is 0 Å². The van der Waals surface area contributed by atoms with Crippen LogP contribution in [0.2, 0.25) is 0 Å². The van der Waals surface area contributed by atoms with E-state index in [4.69, 9.17) is 0 Å². The zero-order valence-corrected chi connectivity index (χ0v) is 10.6. The lowest BCUT2D eigenvalue weighted by Crippen LogP contribution is -2.36. The normalized spacial score (nSPS) is 20.2. The van der Waals surface area contributed by atoms with E-state index >= 15 is 0 Å². The molecule has 18 heavy (non-hydrogen) atoms. The van der Waals surface area contributed by atoms with Gasteiger partial charge in [-0.05, 0) is 38.4 Å². The standard InChI is InChI=1S/C13H19N3O2/c1-16-8-5-10(9-12(16)17)13(18)15-11-3-2-6-14-7-4-11/h5,8-9,11,14H,2-4,6-7H2,1H3,(H,15,18). The predicted molar refractivity (Wildman–Crippen MR) is 69.7 cm³/mol. The lowest BCUT2D eigenvalue weighted by molar-refractivity contribution is 0.0934. The van der Waals surface area contributed by atoms with Crippen LogP contribution >= 0.6 is 0 Å². The third-order valence-electron chi connectivity index (χ3n) is 3.28. The monoisotopic (exact) mass is 249 g/mol. The number of nitrogens with zero attached hydrogens (tertiary/aromatic N) is 1. The van der Waals surface area contributed by atoms with Gasteiger partial charge in [-0.15, -0.1) is 0 Å². The molecule has 0 saturated carbocycles. The van der Waals surface area contributed by atoms with E-state index in [-0.39, 0.29) is 17.5 Å². The van der Waals surface area contributed by atoms with Crippen LogP contribution in [0.15, 0.2) is 23.1 Å². The maximum Gasteiger partial charge on any atom is 0.251 e. The van der Waals surface area contributed by atoms with E-state index in [9.17, 15) is 9.59 Å². The van der Waals surface area contributed by atoms with E-state index in [0.717, 1.165) is 32.4 Å². The molecule has 1 atom stereocenters. The van der Waals surface area contributed by atoms with Crippen molar-refractivity contribution in [3.8, 4) is 0 Å². The lowest BCUT2D eigenvalue weighted by atomic mass is 10.1. The maximum absolute atomic E-state index is 12.0. The first-order valence-electron chi connectivity index (χ1n) is 6.35. The summed E-state index contributed by atoms with van der Waals surface area (Å²) in [7, 11) is 1.67. The predicted octanol–water partition coefficient (Wildman–Crippen LogP) is 0.257. The smallest absolute Gasteiger partial charge is 0.251 e. The molecule has 2 N–H and O–H groups in total. The van der Waals surface area contributed by atoms with Gasteiger partial charge in [0.2, 0.25) is 0 Å². The molecule has 2 heterocycles. The van der Waals surface area contributed by atoms with Crippen molar-refractivity contribution in [2.45, 2.75) is 25.3 Å². The van der Waals surface area contributed by atoms with Crippen molar-refractivity contribution in [2.75, 3.05) is 13.1 Å². The zero-order chi connectivity index (χ0) is 13.0. The van der Waals surface area contributed by atoms with Crippen LogP contribution < -0.4 is 16.2 Å². The molecule has 1 aromatic rings. The Labute approximate surface area is 106 Å². The summed E-state index contributed by atoms with van der Waals surface area (Å²) < 4.78 is 1.45. The number of carbonyl (C=O) groups excluding carboxylic acids is 1. The average molecular weight is 249 g/mol. The van der Waals surface area contributed by atoms with Crippen molar-refractivity contribution < 1.29 is 4.79 Å². The van der Waals surface area contributed by atoms with Gasteiger partial charge in [-0.3, -0.25) is 9.59 Å². The minimum Gasteiger partial charge on any atom is -0.349 e. The molecule has 0 spiro atoms. The highest BCUT2D eigenvalue weighted by Crippen LogP contribution is 2.06. The third kappa shape index (κ3) is 3.20. The summed E-state index contributed by atoms with van der Waals surface area (Å²) in [4.78, 5) is 23.5. The summed E-state index contributed by atoms with van der Waals surface area (Å²) in [6.45, 7) is 1.94. The molecule has 1 aromatic heterocycles. The molecule has 0 aromatic carbocycles. The molecule has 5 nitrogen and oxygen atoms in total. The second-order valence-electron chi connectivity index (χ2n) is 4.72. The van der Waals surface area contributed by atoms with Crippen molar-refractivity contribution in [3.05, 3.63) is 34.2 Å². The Morgan fingerprint density at radius 3 is 3.06 bits per heavy atom. The third-order valence-corrected chi connectivity index (χ3v) is 3.28. The lowest BCUT2D eigenvalue weighted by Gasteiger charge is -2.15. The van der Waals surface area contributed by atoms with E-state index in [1.54, 1.807) is 19.3 Å². The molecule has 2 rings (SSSR count). The van der Waals surface area contributed by atoms with Gasteiger partial charge in [0.1, 0.15) is 0 Å². The van der Waals surface area contributed by atoms with Gasteiger partial charge in [-0.1, -0.05) is 0 Å². The molecule has 0 bridgehead atoms. The van der Waals surface area contributed by atoms with Gasteiger partial charge in [0, 0.05) is 30.9 Å². The number of hydrogen-bond acceptors (Lipinski definition) is 3. The van der Waals surface area contributed by atoms with Gasteiger partial charge in [0.15, 0.2) is 0 Å². The van der Waals surface area contributed by atoms with Crippen LogP contribution in [0.5, 0.6) is 0 Å². The molecular weight excluding hydrogens is 230 g/mol. The summed E-state index contributed by atoms with van der Waals surface area (Å²) in [6.07, 6.45) is 4.62. The summed E-state index contributed by atoms with van der Waals surface area (Å²) in [6, 6.07) is 3.26. The van der Waals surface area contributed by atoms with Crippen LogP contribution in [-0.4, -0.2) is 29.6 Å². The van der Waals surface area contributed by atoms with Crippen molar-refractivity contribution in [3.63, 3.8) is 0 Å². The van der Waals surface area contributed by atoms with Crippen LogP contribution in [0, 0.1) is 0 Å². The molecule has 1 unspecified atom stereocenters. The first-order valence-corrected chi connectivity index (χ1v) is 6.35. The summed E-state index contributed by atoms with van der Waals surface area (Å²) in [5.41, 5.74) is 0.278. The van der Waals surface area contributed by atoms with Crippen LogP contribution in [0.1, 0.15) is 29.6 Å². The Hall–Kier alpha value is -1.62. The second kappa shape index (κ2) is 5.82. The van der Waals surface area contributed by atoms with Crippen molar-refractivity contribution in [2.24, 2.45) is 7.05 Å². The van der Waals surface area contributed by atoms with Gasteiger partial charge in [0.25, 0.3) is 11.5 Å². The molecule has 1 fully saturated rings. The molecule has 5 heteroatoms. The van der Waals surface area contributed by atoms with E-state index in [2.05, 4.69) is 10.6 Å². The highest BCUT2D eigenvalue weighted by molar-refractivity contribution is 5.94. The van der Waals surface area contributed by atoms with Gasteiger partial charge in [-0.2, -0.15) is 0 Å². The van der Waals surface area contributed by atoms with Crippen LogP contribution in [-0.2, 0) is 7.05 Å². The van der Waals surface area contributed by atoms with Gasteiger partial charge >= 0.3 is 0 Å². The minimum absolute atomic E-state index is 0.153. The average Bonchev–Trinajstić information content (AvgIpc) is 2.61. The highest BCUT2D eigenvalue weighted by atomic mass is 16.2. The molecule has 98 valence electrons. The number of pyridine rings is 1. The molecular formula is C13H19N3O2. The van der Waals surface area contributed by atoms with Crippen LogP contribution in [0.4, 0.5) is 0 Å².